The number of carbonyl (C=O) groups excluding carboxylic acids is 1. The van der Waals surface area contributed by atoms with E-state index in [-0.39, 0.29) is 5.91 Å². The molecule has 0 aromatic heterocycles. The Morgan fingerprint density at radius 3 is 2.39 bits per heavy atom. The minimum atomic E-state index is -0.721. The number of carbonyl (C=O) groups is 1. The highest BCUT2D eigenvalue weighted by Gasteiger charge is 2.10. The molecule has 0 spiro atoms. The number of aryl methyl sites for hydroxylation is 1. The van der Waals surface area contributed by atoms with E-state index in [0.29, 0.717) is 25.2 Å². The average molecular weight is 250 g/mol. The summed E-state index contributed by atoms with van der Waals surface area (Å²) >= 11 is 0. The van der Waals surface area contributed by atoms with Crippen molar-refractivity contribution in [2.45, 2.75) is 26.4 Å². The predicted octanol–water partition coefficient (Wildman–Crippen LogP) is 1.09. The Labute approximate surface area is 108 Å². The van der Waals surface area contributed by atoms with Crippen LogP contribution < -0.4 is 10.6 Å². The summed E-state index contributed by atoms with van der Waals surface area (Å²) in [5, 5.41) is 15.4. The zero-order chi connectivity index (χ0) is 13.6. The number of aliphatic hydroxyl groups is 1. The molecule has 18 heavy (non-hydrogen) atoms. The molecule has 0 aliphatic carbocycles. The van der Waals surface area contributed by atoms with Gasteiger partial charge in [-0.2, -0.15) is 0 Å². The van der Waals surface area contributed by atoms with Crippen molar-refractivity contribution in [2.24, 2.45) is 0 Å². The second kappa shape index (κ2) is 6.52. The van der Waals surface area contributed by atoms with E-state index in [1.54, 1.807) is 13.8 Å². The van der Waals surface area contributed by atoms with Crippen molar-refractivity contribution in [3.8, 4) is 0 Å². The Balaban J connectivity index is 2.24. The van der Waals surface area contributed by atoms with Gasteiger partial charge in [0.05, 0.1) is 5.60 Å². The summed E-state index contributed by atoms with van der Waals surface area (Å²) in [7, 11) is 0. The summed E-state index contributed by atoms with van der Waals surface area (Å²) in [6, 6.07) is 7.47. The molecule has 0 aliphatic heterocycles. The highest BCUT2D eigenvalue weighted by molar-refractivity contribution is 5.94. The summed E-state index contributed by atoms with van der Waals surface area (Å²) in [6.45, 7) is 7.16. The predicted molar refractivity (Wildman–Crippen MR) is 72.7 cm³/mol. The van der Waals surface area contributed by atoms with Crippen LogP contribution in [0.1, 0.15) is 29.8 Å². The van der Waals surface area contributed by atoms with E-state index in [2.05, 4.69) is 10.6 Å². The minimum absolute atomic E-state index is 0.0694. The normalized spacial score (nSPS) is 11.3. The van der Waals surface area contributed by atoms with Crippen molar-refractivity contribution in [1.82, 2.24) is 10.6 Å². The maximum Gasteiger partial charge on any atom is 0.251 e. The molecule has 1 aromatic carbocycles. The monoisotopic (exact) mass is 250 g/mol. The number of rotatable bonds is 6. The zero-order valence-corrected chi connectivity index (χ0v) is 11.3. The van der Waals surface area contributed by atoms with Gasteiger partial charge in [0.25, 0.3) is 5.91 Å². The van der Waals surface area contributed by atoms with E-state index >= 15 is 0 Å². The molecule has 0 heterocycles. The smallest absolute Gasteiger partial charge is 0.251 e. The van der Waals surface area contributed by atoms with Gasteiger partial charge in [-0.05, 0) is 32.9 Å². The summed E-state index contributed by atoms with van der Waals surface area (Å²) in [5.41, 5.74) is 1.09. The first-order valence-corrected chi connectivity index (χ1v) is 6.16. The molecule has 0 aliphatic rings. The van der Waals surface area contributed by atoms with Crippen LogP contribution in [0, 0.1) is 6.92 Å². The number of hydrogen-bond donors (Lipinski definition) is 3. The van der Waals surface area contributed by atoms with Crippen LogP contribution in [0.5, 0.6) is 0 Å². The van der Waals surface area contributed by atoms with Crippen LogP contribution in [0.15, 0.2) is 24.3 Å². The van der Waals surface area contributed by atoms with E-state index in [9.17, 15) is 9.90 Å². The third-order valence-corrected chi connectivity index (χ3v) is 2.46. The fourth-order valence-corrected chi connectivity index (χ4v) is 1.47. The van der Waals surface area contributed by atoms with Crippen LogP contribution in [-0.4, -0.2) is 36.2 Å². The van der Waals surface area contributed by atoms with E-state index < -0.39 is 5.60 Å². The number of benzene rings is 1. The lowest BCUT2D eigenvalue weighted by molar-refractivity contribution is 0.0800. The lowest BCUT2D eigenvalue weighted by atomic mass is 10.1. The third kappa shape index (κ3) is 5.80. The lowest BCUT2D eigenvalue weighted by Gasteiger charge is -2.17. The van der Waals surface area contributed by atoms with Crippen LogP contribution in [-0.2, 0) is 0 Å². The van der Waals surface area contributed by atoms with E-state index in [1.807, 2.05) is 31.2 Å². The number of amides is 1. The van der Waals surface area contributed by atoms with Gasteiger partial charge < -0.3 is 15.7 Å². The maximum atomic E-state index is 11.7. The summed E-state index contributed by atoms with van der Waals surface area (Å²) in [6.07, 6.45) is 0. The Bertz CT molecular complexity index is 380. The first-order valence-electron chi connectivity index (χ1n) is 6.16. The molecule has 4 nitrogen and oxygen atoms in total. The minimum Gasteiger partial charge on any atom is -0.389 e. The summed E-state index contributed by atoms with van der Waals surface area (Å²) in [4.78, 5) is 11.7. The van der Waals surface area contributed by atoms with Gasteiger partial charge in [-0.15, -0.1) is 0 Å². The van der Waals surface area contributed by atoms with Crippen molar-refractivity contribution < 1.29 is 9.90 Å². The highest BCUT2D eigenvalue weighted by atomic mass is 16.3. The first kappa shape index (κ1) is 14.7. The first-order chi connectivity index (χ1) is 8.38. The van der Waals surface area contributed by atoms with E-state index in [0.717, 1.165) is 5.56 Å². The van der Waals surface area contributed by atoms with Crippen LogP contribution in [0.3, 0.4) is 0 Å². The molecule has 4 heteroatoms. The maximum absolute atomic E-state index is 11.7. The molecule has 0 unspecified atom stereocenters. The molecule has 1 aromatic rings. The second-order valence-corrected chi connectivity index (χ2v) is 5.11. The molecule has 0 radical (unpaired) electrons. The molecule has 3 N–H and O–H groups in total. The Kier molecular flexibility index (Phi) is 5.31. The van der Waals surface area contributed by atoms with Crippen molar-refractivity contribution in [3.05, 3.63) is 35.4 Å². The SMILES string of the molecule is Cc1ccc(C(=O)NCCNCC(C)(C)O)cc1. The molecule has 0 bridgehead atoms. The van der Waals surface area contributed by atoms with Gasteiger partial charge in [-0.25, -0.2) is 0 Å². The van der Waals surface area contributed by atoms with Crippen molar-refractivity contribution in [3.63, 3.8) is 0 Å². The zero-order valence-electron chi connectivity index (χ0n) is 11.3. The van der Waals surface area contributed by atoms with Gasteiger partial charge in [0, 0.05) is 25.2 Å². The van der Waals surface area contributed by atoms with Crippen LogP contribution in [0.2, 0.25) is 0 Å². The molecule has 1 rings (SSSR count). The van der Waals surface area contributed by atoms with Gasteiger partial charge in [0.15, 0.2) is 0 Å². The average Bonchev–Trinajstić information content (AvgIpc) is 2.27. The fraction of sp³-hybridized carbons (Fsp3) is 0.500. The van der Waals surface area contributed by atoms with Crippen molar-refractivity contribution in [1.29, 1.82) is 0 Å². The highest BCUT2D eigenvalue weighted by Crippen LogP contribution is 2.02. The van der Waals surface area contributed by atoms with Gasteiger partial charge >= 0.3 is 0 Å². The number of hydrogen-bond acceptors (Lipinski definition) is 3. The number of nitrogens with one attached hydrogen (secondary N) is 2. The van der Waals surface area contributed by atoms with Crippen molar-refractivity contribution in [2.75, 3.05) is 19.6 Å². The molecule has 1 amide bonds. The van der Waals surface area contributed by atoms with Gasteiger partial charge in [0.1, 0.15) is 0 Å². The quantitative estimate of drug-likeness (QED) is 0.662. The molecule has 100 valence electrons. The summed E-state index contributed by atoms with van der Waals surface area (Å²) < 4.78 is 0. The van der Waals surface area contributed by atoms with Crippen LogP contribution in [0.4, 0.5) is 0 Å². The van der Waals surface area contributed by atoms with E-state index in [4.69, 9.17) is 0 Å². The Morgan fingerprint density at radius 2 is 1.83 bits per heavy atom. The largest absolute Gasteiger partial charge is 0.389 e. The van der Waals surface area contributed by atoms with Crippen LogP contribution in [0.25, 0.3) is 0 Å². The third-order valence-electron chi connectivity index (χ3n) is 2.46. The molecule has 0 saturated heterocycles. The Hall–Kier alpha value is -1.39. The van der Waals surface area contributed by atoms with Crippen molar-refractivity contribution >= 4 is 5.91 Å². The standard InChI is InChI=1S/C14H22N2O2/c1-11-4-6-12(7-5-11)13(17)16-9-8-15-10-14(2,3)18/h4-7,15,18H,8-10H2,1-3H3,(H,16,17). The van der Waals surface area contributed by atoms with Gasteiger partial charge in [-0.1, -0.05) is 17.7 Å². The molecule has 0 saturated carbocycles. The van der Waals surface area contributed by atoms with Crippen LogP contribution >= 0.6 is 0 Å². The molecular weight excluding hydrogens is 228 g/mol. The lowest BCUT2D eigenvalue weighted by Crippen LogP contribution is -2.39. The van der Waals surface area contributed by atoms with E-state index in [1.165, 1.54) is 0 Å². The molecule has 0 atom stereocenters. The molecular formula is C14H22N2O2. The summed E-state index contributed by atoms with van der Waals surface area (Å²) in [5.74, 6) is -0.0694. The van der Waals surface area contributed by atoms with Gasteiger partial charge in [-0.3, -0.25) is 4.79 Å². The Morgan fingerprint density at radius 1 is 1.22 bits per heavy atom. The van der Waals surface area contributed by atoms with Gasteiger partial charge in [0.2, 0.25) is 0 Å². The topological polar surface area (TPSA) is 61.4 Å². The fourth-order valence-electron chi connectivity index (χ4n) is 1.47. The second-order valence-electron chi connectivity index (χ2n) is 5.11. The molecule has 0 fully saturated rings.